The van der Waals surface area contributed by atoms with Gasteiger partial charge in [0.2, 0.25) is 0 Å². The normalized spacial score (nSPS) is 11.0. The van der Waals surface area contributed by atoms with Crippen molar-refractivity contribution in [2.24, 2.45) is 5.73 Å². The van der Waals surface area contributed by atoms with Crippen LogP contribution in [0.25, 0.3) is 0 Å². The summed E-state index contributed by atoms with van der Waals surface area (Å²) in [5, 5.41) is -0.920. The number of Topliss-reactive ketones (excluding diaryl/α,β-unsaturated/α-hetero) is 4. The van der Waals surface area contributed by atoms with Crippen LogP contribution < -0.4 is 5.73 Å². The van der Waals surface area contributed by atoms with E-state index in [-0.39, 0.29) is 36.2 Å². The van der Waals surface area contributed by atoms with Crippen LogP contribution in [0.1, 0.15) is 57.1 Å². The Morgan fingerprint density at radius 2 is 1.49 bits per heavy atom. The third-order valence-corrected chi connectivity index (χ3v) is 6.64. The van der Waals surface area contributed by atoms with Gasteiger partial charge in [-0.2, -0.15) is 0 Å². The van der Waals surface area contributed by atoms with Crippen LogP contribution in [-0.4, -0.2) is 53.4 Å². The van der Waals surface area contributed by atoms with Gasteiger partial charge < -0.3 is 10.5 Å². The lowest BCUT2D eigenvalue weighted by molar-refractivity contribution is -0.148. The van der Waals surface area contributed by atoms with Crippen LogP contribution in [0.3, 0.4) is 0 Å². The second kappa shape index (κ2) is 18.8. The molecule has 194 valence electrons. The van der Waals surface area contributed by atoms with E-state index in [9.17, 15) is 28.4 Å². The first-order valence-corrected chi connectivity index (χ1v) is 13.6. The number of esters is 1. The standard InChI is InChI=1S/C23H30O6S2.CH2FNO/c1-4-19(25)6-5-7-20(26)13-12-17-8-10-18(11-9-17)14-21(27)15-29-23(28)22(16(2)24)31-30-3;2-1(3)4/h8-11,22H,4-7,12-15H2,1-3H3;(H2,3,4). The number of primary amides is 1. The topological polar surface area (TPSA) is 138 Å². The molecule has 0 aliphatic rings. The van der Waals surface area contributed by atoms with Gasteiger partial charge in [0.1, 0.15) is 18.2 Å². The zero-order valence-electron chi connectivity index (χ0n) is 20.2. The van der Waals surface area contributed by atoms with Crippen molar-refractivity contribution >= 4 is 56.9 Å². The van der Waals surface area contributed by atoms with Crippen LogP contribution in [0.15, 0.2) is 24.3 Å². The first kappa shape index (κ1) is 32.5. The molecule has 1 atom stereocenters. The summed E-state index contributed by atoms with van der Waals surface area (Å²) in [5.41, 5.74) is 5.59. The lowest BCUT2D eigenvalue weighted by atomic mass is 10.0. The molecule has 0 spiro atoms. The average molecular weight is 530 g/mol. The highest BCUT2D eigenvalue weighted by atomic mass is 33.1. The van der Waals surface area contributed by atoms with Gasteiger partial charge >= 0.3 is 12.1 Å². The molecule has 0 fully saturated rings. The second-order valence-corrected chi connectivity index (χ2v) is 10.1. The predicted molar refractivity (Wildman–Crippen MR) is 135 cm³/mol. The number of benzene rings is 1. The zero-order chi connectivity index (χ0) is 26.8. The van der Waals surface area contributed by atoms with Crippen LogP contribution >= 0.6 is 21.6 Å². The minimum absolute atomic E-state index is 0.123. The highest BCUT2D eigenvalue weighted by Crippen LogP contribution is 2.25. The molecule has 11 heteroatoms. The number of hydrogen-bond donors (Lipinski definition) is 1. The van der Waals surface area contributed by atoms with Crippen molar-refractivity contribution in [3.05, 3.63) is 35.4 Å². The van der Waals surface area contributed by atoms with Gasteiger partial charge in [0.15, 0.2) is 16.8 Å². The van der Waals surface area contributed by atoms with Crippen LogP contribution in [0.4, 0.5) is 9.18 Å². The summed E-state index contributed by atoms with van der Waals surface area (Å²) in [4.78, 5) is 67.3. The maximum Gasteiger partial charge on any atom is 0.394 e. The van der Waals surface area contributed by atoms with E-state index < -0.39 is 17.4 Å². The van der Waals surface area contributed by atoms with Gasteiger partial charge in [-0.15, -0.1) is 4.39 Å². The average Bonchev–Trinajstić information content (AvgIpc) is 2.79. The summed E-state index contributed by atoms with van der Waals surface area (Å²) >= 11 is 0. The molecule has 1 aromatic rings. The number of nitrogens with two attached hydrogens (primary N) is 1. The molecule has 0 aromatic heterocycles. The van der Waals surface area contributed by atoms with Crippen LogP contribution in [0.2, 0.25) is 0 Å². The first-order chi connectivity index (χ1) is 16.5. The smallest absolute Gasteiger partial charge is 0.394 e. The molecular formula is C24H32FNO7S2. The van der Waals surface area contributed by atoms with Gasteiger partial charge in [-0.3, -0.25) is 24.0 Å². The van der Waals surface area contributed by atoms with E-state index in [2.05, 4.69) is 5.73 Å². The fraction of sp³-hybridized carbons (Fsp3) is 0.500. The second-order valence-electron chi connectivity index (χ2n) is 7.48. The Kier molecular flexibility index (Phi) is 17.4. The molecule has 1 rings (SSSR count). The summed E-state index contributed by atoms with van der Waals surface area (Å²) in [6.07, 6.45) is 3.11. The van der Waals surface area contributed by atoms with Gasteiger partial charge in [0.05, 0.1) is 0 Å². The third kappa shape index (κ3) is 16.7. The van der Waals surface area contributed by atoms with Crippen LogP contribution in [0, 0.1) is 0 Å². The summed E-state index contributed by atoms with van der Waals surface area (Å²) in [7, 11) is 2.40. The minimum atomic E-state index is -1.83. The van der Waals surface area contributed by atoms with Crippen molar-refractivity contribution in [1.82, 2.24) is 0 Å². The van der Waals surface area contributed by atoms with Crippen molar-refractivity contribution in [3.8, 4) is 0 Å². The lowest BCUT2D eigenvalue weighted by Gasteiger charge is -2.11. The Labute approximate surface area is 212 Å². The molecule has 0 aliphatic heterocycles. The zero-order valence-corrected chi connectivity index (χ0v) is 21.8. The molecule has 35 heavy (non-hydrogen) atoms. The summed E-state index contributed by atoms with van der Waals surface area (Å²) in [6, 6.07) is 7.40. The van der Waals surface area contributed by atoms with Crippen molar-refractivity contribution < 1.29 is 37.9 Å². The van der Waals surface area contributed by atoms with E-state index in [1.807, 2.05) is 31.2 Å². The molecule has 1 aromatic carbocycles. The largest absolute Gasteiger partial charge is 0.456 e. The maximum absolute atomic E-state index is 12.1. The Morgan fingerprint density at radius 3 is 2.00 bits per heavy atom. The molecule has 0 radical (unpaired) electrons. The Hall–Kier alpha value is -2.53. The number of carbonyl (C=O) groups is 6. The highest BCUT2D eigenvalue weighted by molar-refractivity contribution is 8.77. The Balaban J connectivity index is 0.00000267. The predicted octanol–water partition coefficient (Wildman–Crippen LogP) is 4.00. The van der Waals surface area contributed by atoms with E-state index >= 15 is 0 Å². The monoisotopic (exact) mass is 529 g/mol. The van der Waals surface area contributed by atoms with Gasteiger partial charge in [0, 0.05) is 32.1 Å². The van der Waals surface area contributed by atoms with Crippen LogP contribution in [0.5, 0.6) is 0 Å². The van der Waals surface area contributed by atoms with Crippen molar-refractivity contribution in [1.29, 1.82) is 0 Å². The SMILES string of the molecule is CCC(=O)CCCC(=O)CCc1ccc(CC(=O)COC(=O)C(SSC)C(C)=O)cc1.NC(=O)F. The first-order valence-electron chi connectivity index (χ1n) is 10.9. The number of amides is 1. The quantitative estimate of drug-likeness (QED) is 0.111. The van der Waals surface area contributed by atoms with Gasteiger partial charge in [-0.1, -0.05) is 52.8 Å². The summed E-state index contributed by atoms with van der Waals surface area (Å²) in [6.45, 7) is 2.78. The van der Waals surface area contributed by atoms with E-state index in [4.69, 9.17) is 9.53 Å². The van der Waals surface area contributed by atoms with E-state index in [0.29, 0.717) is 38.5 Å². The van der Waals surface area contributed by atoms with E-state index in [0.717, 1.165) is 21.9 Å². The van der Waals surface area contributed by atoms with Gasteiger partial charge in [0.25, 0.3) is 0 Å². The molecule has 0 bridgehead atoms. The molecule has 1 amide bonds. The number of rotatable bonds is 16. The highest BCUT2D eigenvalue weighted by Gasteiger charge is 2.26. The Morgan fingerprint density at radius 1 is 0.943 bits per heavy atom. The molecule has 1 unspecified atom stereocenters. The number of carbonyl (C=O) groups excluding carboxylic acids is 6. The molecule has 2 N–H and O–H groups in total. The minimum Gasteiger partial charge on any atom is -0.456 e. The molecular weight excluding hydrogens is 497 g/mol. The fourth-order valence-electron chi connectivity index (χ4n) is 2.77. The molecule has 8 nitrogen and oxygen atoms in total. The van der Waals surface area contributed by atoms with E-state index in [1.165, 1.54) is 17.7 Å². The van der Waals surface area contributed by atoms with Crippen LogP contribution in [-0.2, 0) is 41.6 Å². The maximum atomic E-state index is 12.1. The summed E-state index contributed by atoms with van der Waals surface area (Å²) in [5.74, 6) is -0.923. The number of ketones is 4. The molecule has 0 heterocycles. The van der Waals surface area contributed by atoms with Gasteiger partial charge in [-0.05, 0) is 37.1 Å². The molecule has 0 aliphatic carbocycles. The summed E-state index contributed by atoms with van der Waals surface area (Å²) < 4.78 is 15.1. The van der Waals surface area contributed by atoms with Gasteiger partial charge in [-0.25, -0.2) is 4.79 Å². The fourth-order valence-corrected chi connectivity index (χ4v) is 4.46. The number of ether oxygens (including phenoxy) is 1. The van der Waals surface area contributed by atoms with E-state index in [1.54, 1.807) is 6.26 Å². The van der Waals surface area contributed by atoms with Crippen molar-refractivity contribution in [3.63, 3.8) is 0 Å². The van der Waals surface area contributed by atoms with Crippen molar-refractivity contribution in [2.75, 3.05) is 12.9 Å². The number of aryl methyl sites for hydroxylation is 1. The molecule has 0 saturated heterocycles. The third-order valence-electron chi connectivity index (χ3n) is 4.57. The Bertz CT molecular complexity index is 871. The molecule has 0 saturated carbocycles. The number of hydrogen-bond acceptors (Lipinski definition) is 9. The van der Waals surface area contributed by atoms with Crippen molar-refractivity contribution in [2.45, 2.75) is 64.0 Å². The lowest BCUT2D eigenvalue weighted by Crippen LogP contribution is -2.28. The number of halogens is 1.